The van der Waals surface area contributed by atoms with E-state index < -0.39 is 0 Å². The Bertz CT molecular complexity index is 878. The summed E-state index contributed by atoms with van der Waals surface area (Å²) in [5.74, 6) is 0.830. The van der Waals surface area contributed by atoms with Crippen LogP contribution in [0.1, 0.15) is 65.6 Å². The lowest BCUT2D eigenvalue weighted by Crippen LogP contribution is -2.44. The highest BCUT2D eigenvalue weighted by Gasteiger charge is 2.40. The molecule has 2 aliphatic rings. The van der Waals surface area contributed by atoms with Gasteiger partial charge >= 0.3 is 0 Å². The summed E-state index contributed by atoms with van der Waals surface area (Å²) >= 11 is 0. The van der Waals surface area contributed by atoms with E-state index in [1.165, 1.54) is 12.8 Å². The number of nitrogens with one attached hydrogen (secondary N) is 2. The molecule has 30 heavy (non-hydrogen) atoms. The maximum atomic E-state index is 12.8. The molecule has 2 N–H and O–H groups in total. The molecular weight excluding hydrogens is 380 g/mol. The van der Waals surface area contributed by atoms with Gasteiger partial charge < -0.3 is 15.2 Å². The van der Waals surface area contributed by atoms with Crippen LogP contribution in [0.3, 0.4) is 0 Å². The molecule has 0 radical (unpaired) electrons. The van der Waals surface area contributed by atoms with Crippen molar-refractivity contribution in [1.29, 1.82) is 0 Å². The summed E-state index contributed by atoms with van der Waals surface area (Å²) < 4.78 is 5.35. The van der Waals surface area contributed by atoms with Crippen LogP contribution in [0.15, 0.2) is 40.9 Å². The molecule has 7 heteroatoms. The highest BCUT2D eigenvalue weighted by molar-refractivity contribution is 5.94. The van der Waals surface area contributed by atoms with Crippen molar-refractivity contribution in [1.82, 2.24) is 20.7 Å². The summed E-state index contributed by atoms with van der Waals surface area (Å²) in [7, 11) is 0. The standard InChI is InChI=1S/C23H30N4O3/c1-3-15(2)21-11-19(26-30-21)23(29)25-20-14-27(18-9-10-18)13-17(20)12-24-22(28)16-7-5-4-6-8-16/h4-8,11,15,17-18,20H,3,9-10,12-14H2,1-2H3,(H,24,28)(H,25,29). The van der Waals surface area contributed by atoms with E-state index in [1.807, 2.05) is 18.2 Å². The van der Waals surface area contributed by atoms with Gasteiger partial charge in [0, 0.05) is 55.2 Å². The Labute approximate surface area is 177 Å². The van der Waals surface area contributed by atoms with Gasteiger partial charge in [-0.3, -0.25) is 14.5 Å². The molecule has 2 aromatic rings. The van der Waals surface area contributed by atoms with E-state index in [2.05, 4.69) is 34.5 Å². The van der Waals surface area contributed by atoms with Gasteiger partial charge in [0.15, 0.2) is 5.69 Å². The Morgan fingerprint density at radius 1 is 1.20 bits per heavy atom. The SMILES string of the molecule is CCC(C)c1cc(C(=O)NC2CN(C3CC3)CC2CNC(=O)c2ccccc2)no1. The molecule has 3 unspecified atom stereocenters. The first-order valence-corrected chi connectivity index (χ1v) is 10.9. The molecule has 0 bridgehead atoms. The minimum absolute atomic E-state index is 0.0297. The number of carbonyl (C=O) groups excluding carboxylic acids is 2. The molecule has 0 spiro atoms. The van der Waals surface area contributed by atoms with E-state index in [1.54, 1.807) is 18.2 Å². The lowest BCUT2D eigenvalue weighted by molar-refractivity contribution is 0.0918. The minimum atomic E-state index is -0.213. The summed E-state index contributed by atoms with van der Waals surface area (Å²) in [6.45, 7) is 6.34. The van der Waals surface area contributed by atoms with Gasteiger partial charge in [0.25, 0.3) is 11.8 Å². The quantitative estimate of drug-likeness (QED) is 0.699. The lowest BCUT2D eigenvalue weighted by atomic mass is 10.0. The molecule has 1 saturated carbocycles. The predicted octanol–water partition coefficient (Wildman–Crippen LogP) is 2.81. The third-order valence-electron chi connectivity index (χ3n) is 6.27. The van der Waals surface area contributed by atoms with Crippen molar-refractivity contribution in [3.63, 3.8) is 0 Å². The highest BCUT2D eigenvalue weighted by atomic mass is 16.5. The minimum Gasteiger partial charge on any atom is -0.360 e. The largest absolute Gasteiger partial charge is 0.360 e. The second-order valence-electron chi connectivity index (χ2n) is 8.52. The molecule has 2 amide bonds. The second kappa shape index (κ2) is 9.00. The number of rotatable bonds is 8. The Hall–Kier alpha value is -2.67. The zero-order chi connectivity index (χ0) is 21.1. The fraction of sp³-hybridized carbons (Fsp3) is 0.522. The van der Waals surface area contributed by atoms with Crippen LogP contribution < -0.4 is 10.6 Å². The maximum absolute atomic E-state index is 12.8. The number of hydrogen-bond donors (Lipinski definition) is 2. The van der Waals surface area contributed by atoms with E-state index in [-0.39, 0.29) is 29.7 Å². The molecule has 2 heterocycles. The van der Waals surface area contributed by atoms with Crippen molar-refractivity contribution in [2.45, 2.75) is 51.1 Å². The third-order valence-corrected chi connectivity index (χ3v) is 6.27. The zero-order valence-corrected chi connectivity index (χ0v) is 17.6. The Morgan fingerprint density at radius 3 is 2.67 bits per heavy atom. The van der Waals surface area contributed by atoms with Crippen molar-refractivity contribution in [3.8, 4) is 0 Å². The van der Waals surface area contributed by atoms with Crippen molar-refractivity contribution in [2.24, 2.45) is 5.92 Å². The molecule has 1 aromatic heterocycles. The normalized spacial score (nSPS) is 22.6. The van der Waals surface area contributed by atoms with Gasteiger partial charge in [0.1, 0.15) is 5.76 Å². The van der Waals surface area contributed by atoms with Gasteiger partial charge in [-0.1, -0.05) is 37.2 Å². The average molecular weight is 411 g/mol. The molecule has 7 nitrogen and oxygen atoms in total. The van der Waals surface area contributed by atoms with Crippen LogP contribution in [0.25, 0.3) is 0 Å². The lowest BCUT2D eigenvalue weighted by Gasteiger charge is -2.19. The van der Waals surface area contributed by atoms with Crippen LogP contribution in [-0.4, -0.2) is 53.6 Å². The zero-order valence-electron chi connectivity index (χ0n) is 17.6. The van der Waals surface area contributed by atoms with Gasteiger partial charge in [-0.15, -0.1) is 0 Å². The molecule has 3 atom stereocenters. The molecule has 1 aromatic carbocycles. The summed E-state index contributed by atoms with van der Waals surface area (Å²) in [5.41, 5.74) is 0.970. The third kappa shape index (κ3) is 4.73. The fourth-order valence-corrected chi connectivity index (χ4v) is 4.00. The summed E-state index contributed by atoms with van der Waals surface area (Å²) in [4.78, 5) is 27.7. The monoisotopic (exact) mass is 410 g/mol. The van der Waals surface area contributed by atoms with Crippen LogP contribution in [0, 0.1) is 5.92 Å². The van der Waals surface area contributed by atoms with Gasteiger partial charge in [-0.2, -0.15) is 0 Å². The smallest absolute Gasteiger partial charge is 0.273 e. The summed E-state index contributed by atoms with van der Waals surface area (Å²) in [6.07, 6.45) is 3.36. The first kappa shape index (κ1) is 20.6. The molecular formula is C23H30N4O3. The Balaban J connectivity index is 1.38. The number of amides is 2. The molecule has 2 fully saturated rings. The fourth-order valence-electron chi connectivity index (χ4n) is 4.00. The van der Waals surface area contributed by atoms with E-state index in [0.29, 0.717) is 23.8 Å². The second-order valence-corrected chi connectivity index (χ2v) is 8.52. The van der Waals surface area contributed by atoms with Crippen LogP contribution in [-0.2, 0) is 0 Å². The Morgan fingerprint density at radius 2 is 1.97 bits per heavy atom. The molecule has 1 aliphatic heterocycles. The van der Waals surface area contributed by atoms with Crippen LogP contribution in [0.2, 0.25) is 0 Å². The average Bonchev–Trinajstić information content (AvgIpc) is 3.36. The first-order chi connectivity index (χ1) is 14.5. The van der Waals surface area contributed by atoms with Gasteiger partial charge in [0.05, 0.1) is 0 Å². The van der Waals surface area contributed by atoms with Gasteiger partial charge in [-0.05, 0) is 31.4 Å². The summed E-state index contributed by atoms with van der Waals surface area (Å²) in [5, 5.41) is 10.1. The van der Waals surface area contributed by atoms with Crippen molar-refractivity contribution in [2.75, 3.05) is 19.6 Å². The van der Waals surface area contributed by atoms with Crippen molar-refractivity contribution >= 4 is 11.8 Å². The molecule has 1 aliphatic carbocycles. The Kier molecular flexibility index (Phi) is 6.18. The van der Waals surface area contributed by atoms with Crippen molar-refractivity contribution < 1.29 is 14.1 Å². The maximum Gasteiger partial charge on any atom is 0.273 e. The number of benzene rings is 1. The summed E-state index contributed by atoms with van der Waals surface area (Å²) in [6, 6.07) is 11.5. The number of carbonyl (C=O) groups is 2. The van der Waals surface area contributed by atoms with Crippen LogP contribution >= 0.6 is 0 Å². The van der Waals surface area contributed by atoms with Crippen LogP contribution in [0.5, 0.6) is 0 Å². The van der Waals surface area contributed by atoms with E-state index >= 15 is 0 Å². The molecule has 160 valence electrons. The number of hydrogen-bond acceptors (Lipinski definition) is 5. The molecule has 1 saturated heterocycles. The van der Waals surface area contributed by atoms with Crippen LogP contribution in [0.4, 0.5) is 0 Å². The first-order valence-electron chi connectivity index (χ1n) is 10.9. The number of nitrogens with zero attached hydrogens (tertiary/aromatic N) is 2. The number of likely N-dealkylation sites (tertiary alicyclic amines) is 1. The van der Waals surface area contributed by atoms with E-state index in [9.17, 15) is 9.59 Å². The van der Waals surface area contributed by atoms with Gasteiger partial charge in [-0.25, -0.2) is 0 Å². The molecule has 4 rings (SSSR count). The van der Waals surface area contributed by atoms with Gasteiger partial charge in [0.2, 0.25) is 0 Å². The topological polar surface area (TPSA) is 87.5 Å². The van der Waals surface area contributed by atoms with E-state index in [4.69, 9.17) is 4.52 Å². The van der Waals surface area contributed by atoms with E-state index in [0.717, 1.165) is 25.3 Å². The van der Waals surface area contributed by atoms with Crippen molar-refractivity contribution in [3.05, 3.63) is 53.4 Å². The highest BCUT2D eigenvalue weighted by Crippen LogP contribution is 2.32. The number of aromatic nitrogens is 1. The predicted molar refractivity (Wildman–Crippen MR) is 113 cm³/mol.